The second-order valence-corrected chi connectivity index (χ2v) is 6.61. The Hall–Kier alpha value is -1.76. The smallest absolute Gasteiger partial charge is 0.335 e. The molecule has 1 rings (SSSR count). The largest absolute Gasteiger partial charge is 0.478 e. The summed E-state index contributed by atoms with van der Waals surface area (Å²) >= 11 is 0. The summed E-state index contributed by atoms with van der Waals surface area (Å²) in [6.07, 6.45) is 4.10. The number of allylic oxidation sites excluding steroid dienone is 1. The van der Waals surface area contributed by atoms with Crippen LogP contribution in [0, 0.1) is 11.6 Å². The van der Waals surface area contributed by atoms with Crippen molar-refractivity contribution in [2.75, 3.05) is 5.75 Å². The summed E-state index contributed by atoms with van der Waals surface area (Å²) < 4.78 is 50.9. The van der Waals surface area contributed by atoms with E-state index in [1.807, 2.05) is 0 Å². The Morgan fingerprint density at radius 1 is 1.24 bits per heavy atom. The van der Waals surface area contributed by atoms with Crippen molar-refractivity contribution < 1.29 is 27.1 Å². The molecule has 0 aliphatic rings. The van der Waals surface area contributed by atoms with Crippen LogP contribution in [0.2, 0.25) is 0 Å². The second-order valence-electron chi connectivity index (χ2n) is 4.53. The Kier molecular flexibility index (Phi) is 6.02. The third-order valence-corrected chi connectivity index (χ3v) is 4.69. The minimum Gasteiger partial charge on any atom is -0.478 e. The zero-order chi connectivity index (χ0) is 16.0. The summed E-state index contributed by atoms with van der Waals surface area (Å²) in [6.45, 7) is 3.54. The minimum atomic E-state index is -4.06. The lowest BCUT2D eigenvalue weighted by Crippen LogP contribution is -2.12. The first-order valence-corrected chi connectivity index (χ1v) is 8.01. The summed E-state index contributed by atoms with van der Waals surface area (Å²) in [5, 5.41) is 8.77. The Labute approximate surface area is 122 Å². The number of rotatable bonds is 8. The van der Waals surface area contributed by atoms with Crippen LogP contribution in [0.3, 0.4) is 0 Å². The average Bonchev–Trinajstić information content (AvgIpc) is 2.40. The van der Waals surface area contributed by atoms with Crippen LogP contribution in [0.1, 0.15) is 36.0 Å². The van der Waals surface area contributed by atoms with Gasteiger partial charge in [0.1, 0.15) is 4.90 Å². The van der Waals surface area contributed by atoms with Crippen LogP contribution in [-0.4, -0.2) is 25.2 Å². The number of carboxylic acids is 1. The average molecular weight is 318 g/mol. The van der Waals surface area contributed by atoms with Gasteiger partial charge in [-0.15, -0.1) is 6.58 Å². The van der Waals surface area contributed by atoms with Crippen molar-refractivity contribution >= 4 is 15.8 Å². The molecule has 0 atom stereocenters. The second kappa shape index (κ2) is 7.31. The fraction of sp³-hybridized carbons (Fsp3) is 0.357. The van der Waals surface area contributed by atoms with E-state index in [-0.39, 0.29) is 12.2 Å². The Morgan fingerprint density at radius 2 is 1.90 bits per heavy atom. The van der Waals surface area contributed by atoms with Gasteiger partial charge < -0.3 is 5.11 Å². The van der Waals surface area contributed by atoms with Crippen LogP contribution in [0.15, 0.2) is 29.7 Å². The third kappa shape index (κ3) is 4.63. The van der Waals surface area contributed by atoms with Crippen molar-refractivity contribution in [1.29, 1.82) is 0 Å². The van der Waals surface area contributed by atoms with Crippen molar-refractivity contribution in [3.63, 3.8) is 0 Å². The van der Waals surface area contributed by atoms with Crippen molar-refractivity contribution in [2.45, 2.75) is 30.6 Å². The molecule has 0 aliphatic heterocycles. The molecular formula is C14H16F2O4S. The normalized spacial score (nSPS) is 11.3. The van der Waals surface area contributed by atoms with Gasteiger partial charge in [-0.1, -0.05) is 12.5 Å². The number of benzene rings is 1. The molecule has 0 heterocycles. The third-order valence-electron chi connectivity index (χ3n) is 2.90. The topological polar surface area (TPSA) is 71.4 Å². The van der Waals surface area contributed by atoms with E-state index in [0.29, 0.717) is 18.6 Å². The number of sulfone groups is 1. The monoisotopic (exact) mass is 318 g/mol. The molecule has 21 heavy (non-hydrogen) atoms. The maximum atomic E-state index is 13.6. The van der Waals surface area contributed by atoms with Crippen molar-refractivity contribution in [3.8, 4) is 0 Å². The van der Waals surface area contributed by atoms with Crippen LogP contribution in [-0.2, 0) is 9.84 Å². The molecule has 0 spiro atoms. The number of carboxylic acid groups (broad SMARTS) is 1. The minimum absolute atomic E-state index is 0.286. The van der Waals surface area contributed by atoms with E-state index < -0.39 is 37.9 Å². The molecule has 0 saturated carbocycles. The predicted molar refractivity (Wildman–Crippen MR) is 74.0 cm³/mol. The molecule has 0 fully saturated rings. The van der Waals surface area contributed by atoms with Crippen molar-refractivity contribution in [3.05, 3.63) is 42.0 Å². The molecule has 1 aromatic carbocycles. The molecule has 116 valence electrons. The fourth-order valence-corrected chi connectivity index (χ4v) is 3.26. The number of halogens is 2. The van der Waals surface area contributed by atoms with E-state index in [9.17, 15) is 22.0 Å². The molecule has 0 saturated heterocycles. The summed E-state index contributed by atoms with van der Waals surface area (Å²) in [4.78, 5) is 9.88. The number of hydrogen-bond acceptors (Lipinski definition) is 3. The molecule has 1 aromatic rings. The standard InChI is InChI=1S/C14H16F2O4S/c1-2-3-4-5-6-7-21(19,20)12-9-10(14(17)18)8-11(15)13(12)16/h2,8-9H,1,3-7H2,(H,17,18). The highest BCUT2D eigenvalue weighted by Gasteiger charge is 2.24. The van der Waals surface area contributed by atoms with Crippen molar-refractivity contribution in [2.24, 2.45) is 0 Å². The summed E-state index contributed by atoms with van der Waals surface area (Å²) in [6, 6.07) is 1.11. The first kappa shape index (κ1) is 17.3. The highest BCUT2D eigenvalue weighted by molar-refractivity contribution is 7.91. The van der Waals surface area contributed by atoms with Crippen molar-refractivity contribution in [1.82, 2.24) is 0 Å². The Morgan fingerprint density at radius 3 is 2.48 bits per heavy atom. The SMILES string of the molecule is C=CCCCCCS(=O)(=O)c1cc(C(=O)O)cc(F)c1F. The van der Waals surface area contributed by atoms with E-state index in [0.717, 1.165) is 12.8 Å². The van der Waals surface area contributed by atoms with E-state index in [2.05, 4.69) is 6.58 Å². The van der Waals surface area contributed by atoms with E-state index in [4.69, 9.17) is 5.11 Å². The summed E-state index contributed by atoms with van der Waals surface area (Å²) in [5.74, 6) is -4.90. The molecule has 0 unspecified atom stereocenters. The predicted octanol–water partition coefficient (Wildman–Crippen LogP) is 3.18. The van der Waals surface area contributed by atoms with Crippen LogP contribution in [0.5, 0.6) is 0 Å². The van der Waals surface area contributed by atoms with E-state index >= 15 is 0 Å². The van der Waals surface area contributed by atoms with Gasteiger partial charge in [0.15, 0.2) is 21.5 Å². The van der Waals surface area contributed by atoms with Crippen LogP contribution in [0.25, 0.3) is 0 Å². The number of hydrogen-bond donors (Lipinski definition) is 1. The fourth-order valence-electron chi connectivity index (χ4n) is 1.78. The van der Waals surface area contributed by atoms with Gasteiger partial charge in [0.25, 0.3) is 0 Å². The van der Waals surface area contributed by atoms with E-state index in [1.165, 1.54) is 0 Å². The highest BCUT2D eigenvalue weighted by atomic mass is 32.2. The quantitative estimate of drug-likeness (QED) is 0.590. The number of unbranched alkanes of at least 4 members (excludes halogenated alkanes) is 3. The first-order chi connectivity index (χ1) is 9.79. The van der Waals surface area contributed by atoms with Crippen LogP contribution < -0.4 is 0 Å². The van der Waals surface area contributed by atoms with Gasteiger partial charge in [0.2, 0.25) is 0 Å². The maximum absolute atomic E-state index is 13.6. The molecule has 0 amide bonds. The molecule has 0 aromatic heterocycles. The number of carbonyl (C=O) groups is 1. The lowest BCUT2D eigenvalue weighted by molar-refractivity contribution is 0.0696. The zero-order valence-electron chi connectivity index (χ0n) is 11.3. The lowest BCUT2D eigenvalue weighted by atomic mass is 10.2. The van der Waals surface area contributed by atoms with E-state index in [1.54, 1.807) is 6.08 Å². The summed E-state index contributed by atoms with van der Waals surface area (Å²) in [5.41, 5.74) is -0.598. The number of aromatic carboxylic acids is 1. The van der Waals surface area contributed by atoms with Crippen LogP contribution in [0.4, 0.5) is 8.78 Å². The molecule has 7 heteroatoms. The van der Waals surface area contributed by atoms with Gasteiger partial charge >= 0.3 is 5.97 Å². The summed E-state index contributed by atoms with van der Waals surface area (Å²) in [7, 11) is -4.06. The lowest BCUT2D eigenvalue weighted by Gasteiger charge is -2.07. The molecule has 4 nitrogen and oxygen atoms in total. The molecule has 0 bridgehead atoms. The first-order valence-electron chi connectivity index (χ1n) is 6.35. The van der Waals surface area contributed by atoms with Crippen LogP contribution >= 0.6 is 0 Å². The maximum Gasteiger partial charge on any atom is 0.335 e. The Balaban J connectivity index is 2.97. The van der Waals surface area contributed by atoms with Gasteiger partial charge in [-0.25, -0.2) is 22.0 Å². The molecule has 0 aliphatic carbocycles. The van der Waals surface area contributed by atoms with Gasteiger partial charge in [0, 0.05) is 0 Å². The highest BCUT2D eigenvalue weighted by Crippen LogP contribution is 2.22. The van der Waals surface area contributed by atoms with Gasteiger partial charge in [-0.2, -0.15) is 0 Å². The Bertz CT molecular complexity index is 639. The molecular weight excluding hydrogens is 302 g/mol. The van der Waals surface area contributed by atoms with Gasteiger partial charge in [-0.3, -0.25) is 0 Å². The van der Waals surface area contributed by atoms with Gasteiger partial charge in [-0.05, 0) is 31.4 Å². The zero-order valence-corrected chi connectivity index (χ0v) is 12.1. The molecule has 1 N–H and O–H groups in total. The van der Waals surface area contributed by atoms with Gasteiger partial charge in [0.05, 0.1) is 11.3 Å². The molecule has 0 radical (unpaired) electrons.